The third kappa shape index (κ3) is 8.58. The molecule has 1 unspecified atom stereocenters. The smallest absolute Gasteiger partial charge is 0.410 e. The Morgan fingerprint density at radius 2 is 1.95 bits per heavy atom. The van der Waals surface area contributed by atoms with Crippen LogP contribution in [0, 0.1) is 0 Å². The summed E-state index contributed by atoms with van der Waals surface area (Å²) in [6.07, 6.45) is 2.38. The first-order chi connectivity index (χ1) is 20.9. The largest absolute Gasteiger partial charge is 0.445 e. The van der Waals surface area contributed by atoms with Crippen molar-refractivity contribution < 1.29 is 24.4 Å². The molecule has 1 saturated heterocycles. The van der Waals surface area contributed by atoms with E-state index in [0.29, 0.717) is 80.7 Å². The third-order valence-corrected chi connectivity index (χ3v) is 6.96. The second-order valence-corrected chi connectivity index (χ2v) is 10.0. The van der Waals surface area contributed by atoms with Gasteiger partial charge in [0.05, 0.1) is 6.61 Å². The van der Waals surface area contributed by atoms with Gasteiger partial charge in [-0.25, -0.2) is 19.7 Å². The lowest BCUT2D eigenvalue weighted by Gasteiger charge is -2.39. The minimum Gasteiger partial charge on any atom is -0.445 e. The average Bonchev–Trinajstić information content (AvgIpc) is 3.03. The molecule has 1 aliphatic heterocycles. The minimum absolute atomic E-state index is 0.144. The molecule has 0 spiro atoms. The summed E-state index contributed by atoms with van der Waals surface area (Å²) in [6.45, 7) is 11.5. The highest BCUT2D eigenvalue weighted by molar-refractivity contribution is 6.04. The number of ether oxygens (including phenoxy) is 3. The summed E-state index contributed by atoms with van der Waals surface area (Å²) in [5.74, 6) is 1.53. The Kier molecular flexibility index (Phi) is 11.6. The van der Waals surface area contributed by atoms with Crippen molar-refractivity contribution in [3.63, 3.8) is 0 Å². The molecule has 13 nitrogen and oxygen atoms in total. The van der Waals surface area contributed by atoms with Crippen molar-refractivity contribution in [1.82, 2.24) is 24.8 Å². The lowest BCUT2D eigenvalue weighted by atomic mass is 10.1. The van der Waals surface area contributed by atoms with Crippen LogP contribution >= 0.6 is 0 Å². The predicted molar refractivity (Wildman–Crippen MR) is 164 cm³/mol. The van der Waals surface area contributed by atoms with Gasteiger partial charge in [0, 0.05) is 51.6 Å². The fraction of sp³-hybridized carbons (Fsp3) is 0.467. The van der Waals surface area contributed by atoms with Gasteiger partial charge in [0.1, 0.15) is 30.5 Å². The average molecular weight is 593 g/mol. The maximum atomic E-state index is 12.9. The van der Waals surface area contributed by atoms with Crippen molar-refractivity contribution in [2.24, 2.45) is 0 Å². The fourth-order valence-corrected chi connectivity index (χ4v) is 4.68. The van der Waals surface area contributed by atoms with Crippen molar-refractivity contribution in [1.29, 1.82) is 0 Å². The lowest BCUT2D eigenvalue weighted by Crippen LogP contribution is -2.55. The van der Waals surface area contributed by atoms with Crippen LogP contribution in [0.2, 0.25) is 0 Å². The van der Waals surface area contributed by atoms with E-state index in [1.54, 1.807) is 17.2 Å². The van der Waals surface area contributed by atoms with E-state index < -0.39 is 0 Å². The SMILES string of the molecule is CCOCCNc1c(Nc2ccncn2)nc(N2CCN(C(=O)OCc3ccccc3)[C@H](C)C2)nc1C(=[NH2+])C(C)OCC. The van der Waals surface area contributed by atoms with Crippen LogP contribution < -0.4 is 20.9 Å². The van der Waals surface area contributed by atoms with Crippen LogP contribution in [-0.2, 0) is 20.8 Å². The third-order valence-electron chi connectivity index (χ3n) is 6.96. The van der Waals surface area contributed by atoms with Gasteiger partial charge >= 0.3 is 6.09 Å². The summed E-state index contributed by atoms with van der Waals surface area (Å²) in [6, 6.07) is 11.2. The summed E-state index contributed by atoms with van der Waals surface area (Å²) < 4.78 is 17.0. The molecule has 13 heteroatoms. The molecule has 3 aromatic rings. The van der Waals surface area contributed by atoms with Gasteiger partial charge in [0.25, 0.3) is 0 Å². The van der Waals surface area contributed by atoms with Gasteiger partial charge in [-0.05, 0) is 39.3 Å². The molecule has 43 heavy (non-hydrogen) atoms. The first kappa shape index (κ1) is 31.6. The quantitative estimate of drug-likeness (QED) is 0.187. The van der Waals surface area contributed by atoms with E-state index in [1.165, 1.54) is 6.33 Å². The van der Waals surface area contributed by atoms with E-state index in [0.717, 1.165) is 5.56 Å². The van der Waals surface area contributed by atoms with E-state index in [-0.39, 0.29) is 24.8 Å². The number of amides is 1. The van der Waals surface area contributed by atoms with Crippen LogP contribution in [0.4, 0.5) is 28.1 Å². The maximum absolute atomic E-state index is 12.9. The van der Waals surface area contributed by atoms with Gasteiger partial charge in [0.15, 0.2) is 11.5 Å². The molecule has 1 aromatic carbocycles. The highest BCUT2D eigenvalue weighted by atomic mass is 16.6. The Bertz CT molecular complexity index is 1330. The Hall–Kier alpha value is -4.36. The number of carbonyl (C=O) groups is 1. The second kappa shape index (κ2) is 15.8. The number of nitrogens with two attached hydrogens (primary N) is 1. The number of piperazine rings is 1. The monoisotopic (exact) mass is 592 g/mol. The number of nitrogens with one attached hydrogen (secondary N) is 2. The molecule has 1 fully saturated rings. The van der Waals surface area contributed by atoms with Crippen LogP contribution in [0.5, 0.6) is 0 Å². The van der Waals surface area contributed by atoms with Crippen LogP contribution in [0.15, 0.2) is 48.9 Å². The summed E-state index contributed by atoms with van der Waals surface area (Å²) in [7, 11) is 0. The highest BCUT2D eigenvalue weighted by Gasteiger charge is 2.32. The number of rotatable bonds is 14. The molecular formula is C30H42N9O4+. The standard InChI is InChI=1S/C30H41N9O4/c1-5-41-17-14-33-27-26(25(31)22(4)42-6-2)36-29(37-28(27)35-24-12-13-32-20-34-24)38-15-16-39(21(3)18-38)30(40)43-19-23-10-8-7-9-11-23/h7-13,20-22,31,33H,5-6,14-19H2,1-4H3,(H,32,34,35,36,37)/p+1/t21-,22?/m1/s1. The number of aromatic nitrogens is 4. The molecule has 4 rings (SSSR count). The summed E-state index contributed by atoms with van der Waals surface area (Å²) >= 11 is 0. The first-order valence-corrected chi connectivity index (χ1v) is 14.6. The van der Waals surface area contributed by atoms with Crippen molar-refractivity contribution in [2.45, 2.75) is 46.4 Å². The Labute approximate surface area is 252 Å². The van der Waals surface area contributed by atoms with Gasteiger partial charge in [-0.2, -0.15) is 4.98 Å². The van der Waals surface area contributed by atoms with Crippen molar-refractivity contribution in [2.75, 3.05) is 61.5 Å². The van der Waals surface area contributed by atoms with Crippen molar-refractivity contribution >= 4 is 35.1 Å². The Morgan fingerprint density at radius 3 is 2.65 bits per heavy atom. The van der Waals surface area contributed by atoms with E-state index in [1.807, 2.05) is 62.9 Å². The van der Waals surface area contributed by atoms with Crippen LogP contribution in [-0.4, -0.2) is 94.8 Å². The molecule has 230 valence electrons. The second-order valence-electron chi connectivity index (χ2n) is 10.0. The zero-order valence-electron chi connectivity index (χ0n) is 25.3. The van der Waals surface area contributed by atoms with E-state index in [4.69, 9.17) is 29.6 Å². The molecule has 0 radical (unpaired) electrons. The van der Waals surface area contributed by atoms with Crippen LogP contribution in [0.25, 0.3) is 0 Å². The minimum atomic E-state index is -0.387. The van der Waals surface area contributed by atoms with E-state index in [2.05, 4.69) is 20.6 Å². The van der Waals surface area contributed by atoms with Crippen LogP contribution in [0.3, 0.4) is 0 Å². The molecule has 2 aromatic heterocycles. The molecule has 2 atom stereocenters. The zero-order chi connectivity index (χ0) is 30.6. The normalized spacial score (nSPS) is 15.6. The van der Waals surface area contributed by atoms with Crippen LogP contribution in [0.1, 0.15) is 39.0 Å². The number of hydrogen-bond donors (Lipinski definition) is 3. The summed E-state index contributed by atoms with van der Waals surface area (Å²) in [4.78, 5) is 34.9. The Morgan fingerprint density at radius 1 is 1.14 bits per heavy atom. The molecule has 3 heterocycles. The van der Waals surface area contributed by atoms with Gasteiger partial charge in [-0.1, -0.05) is 30.3 Å². The highest BCUT2D eigenvalue weighted by Crippen LogP contribution is 2.30. The predicted octanol–water partition coefficient (Wildman–Crippen LogP) is 2.28. The number of nitrogens with zero attached hydrogens (tertiary/aromatic N) is 6. The first-order valence-electron chi connectivity index (χ1n) is 14.6. The van der Waals surface area contributed by atoms with Gasteiger partial charge in [-0.3, -0.25) is 5.41 Å². The summed E-state index contributed by atoms with van der Waals surface area (Å²) in [5, 5.41) is 13.4. The molecular weight excluding hydrogens is 550 g/mol. The molecule has 1 amide bonds. The number of carbonyl (C=O) groups excluding carboxylic acids is 1. The summed E-state index contributed by atoms with van der Waals surface area (Å²) in [5.41, 5.74) is 2.54. The molecule has 1 aliphatic rings. The number of anilines is 4. The number of hydrogen-bond acceptors (Lipinski definition) is 11. The van der Waals surface area contributed by atoms with Gasteiger partial charge < -0.3 is 34.6 Å². The van der Waals surface area contributed by atoms with E-state index in [9.17, 15) is 4.79 Å². The topological polar surface area (TPSA) is 152 Å². The van der Waals surface area contributed by atoms with Gasteiger partial charge in [-0.15, -0.1) is 0 Å². The fourth-order valence-electron chi connectivity index (χ4n) is 4.68. The number of benzene rings is 1. The Balaban J connectivity index is 1.60. The van der Waals surface area contributed by atoms with Crippen molar-refractivity contribution in [3.05, 3.63) is 60.2 Å². The molecule has 0 saturated carbocycles. The van der Waals surface area contributed by atoms with Crippen molar-refractivity contribution in [3.8, 4) is 0 Å². The lowest BCUT2D eigenvalue weighted by molar-refractivity contribution is -0.125. The zero-order valence-corrected chi connectivity index (χ0v) is 25.3. The molecule has 0 aliphatic carbocycles. The van der Waals surface area contributed by atoms with E-state index >= 15 is 0 Å². The molecule has 0 bridgehead atoms. The van der Waals surface area contributed by atoms with Gasteiger partial charge in [0.2, 0.25) is 11.7 Å². The maximum Gasteiger partial charge on any atom is 0.410 e. The molecule has 4 N–H and O–H groups in total.